The summed E-state index contributed by atoms with van der Waals surface area (Å²) in [6.07, 6.45) is 0. The fraction of sp³-hybridized carbons (Fsp3) is 1.00. The van der Waals surface area contributed by atoms with Gasteiger partial charge in [-0.2, -0.15) is 0 Å². The predicted molar refractivity (Wildman–Crippen MR) is 49.6 cm³/mol. The van der Waals surface area contributed by atoms with Crippen LogP contribution in [0.5, 0.6) is 0 Å². The smallest absolute Gasteiger partial charge is 0.152 e. The van der Waals surface area contributed by atoms with Crippen molar-refractivity contribution in [3.63, 3.8) is 0 Å². The average molecular weight is 191 g/mol. The van der Waals surface area contributed by atoms with Crippen molar-refractivity contribution in [1.29, 1.82) is 0 Å². The Kier molecular flexibility index (Phi) is 2.25. The predicted octanol–water partition coefficient (Wildman–Crippen LogP) is 0.404. The minimum Gasteiger partial charge on any atom is -0.326 e. The van der Waals surface area contributed by atoms with Crippen molar-refractivity contribution in [1.82, 2.24) is 0 Å². The van der Waals surface area contributed by atoms with Crippen LogP contribution in [0.25, 0.3) is 0 Å². The molecule has 3 nitrogen and oxygen atoms in total. The van der Waals surface area contributed by atoms with E-state index < -0.39 is 9.84 Å². The molecule has 1 heterocycles. The van der Waals surface area contributed by atoms with Crippen molar-refractivity contribution in [3.8, 4) is 0 Å². The Bertz CT molecular complexity index is 263. The molecule has 2 N–H and O–H groups in total. The summed E-state index contributed by atoms with van der Waals surface area (Å²) in [6, 6.07) is -0.171. The van der Waals surface area contributed by atoms with E-state index in [0.717, 1.165) is 0 Å². The normalized spacial score (nSPS) is 35.3. The second-order valence-electron chi connectivity index (χ2n) is 4.71. The Morgan fingerprint density at radius 1 is 1.25 bits per heavy atom. The Morgan fingerprint density at radius 3 is 1.92 bits per heavy atom. The number of sulfone groups is 1. The zero-order valence-corrected chi connectivity index (χ0v) is 8.69. The van der Waals surface area contributed by atoms with Gasteiger partial charge in [0.15, 0.2) is 9.84 Å². The molecule has 1 rings (SSSR count). The van der Waals surface area contributed by atoms with E-state index in [9.17, 15) is 8.42 Å². The van der Waals surface area contributed by atoms with Gasteiger partial charge in [-0.15, -0.1) is 0 Å². The van der Waals surface area contributed by atoms with E-state index in [-0.39, 0.29) is 28.9 Å². The van der Waals surface area contributed by atoms with Crippen LogP contribution in [0.2, 0.25) is 0 Å². The Morgan fingerprint density at radius 2 is 1.75 bits per heavy atom. The van der Waals surface area contributed by atoms with Crippen molar-refractivity contribution in [2.75, 3.05) is 11.5 Å². The molecule has 2 unspecified atom stereocenters. The third-order valence-electron chi connectivity index (χ3n) is 2.51. The van der Waals surface area contributed by atoms with E-state index in [1.165, 1.54) is 0 Å². The largest absolute Gasteiger partial charge is 0.326 e. The fourth-order valence-electron chi connectivity index (χ4n) is 1.77. The molecule has 0 aromatic rings. The van der Waals surface area contributed by atoms with Gasteiger partial charge in [-0.05, 0) is 11.3 Å². The molecule has 0 radical (unpaired) electrons. The first-order valence-corrected chi connectivity index (χ1v) is 6.00. The molecule has 1 saturated heterocycles. The summed E-state index contributed by atoms with van der Waals surface area (Å²) < 4.78 is 22.4. The van der Waals surface area contributed by atoms with Gasteiger partial charge in [-0.3, -0.25) is 0 Å². The summed E-state index contributed by atoms with van der Waals surface area (Å²) in [5.74, 6) is 0.537. The maximum absolute atomic E-state index is 11.2. The van der Waals surface area contributed by atoms with Crippen LogP contribution in [-0.2, 0) is 9.84 Å². The van der Waals surface area contributed by atoms with Gasteiger partial charge in [0.05, 0.1) is 11.5 Å². The quantitative estimate of drug-likeness (QED) is 0.603. The molecule has 12 heavy (non-hydrogen) atoms. The summed E-state index contributed by atoms with van der Waals surface area (Å²) in [6.45, 7) is 6.12. The maximum Gasteiger partial charge on any atom is 0.152 e. The zero-order valence-electron chi connectivity index (χ0n) is 7.87. The fourth-order valence-corrected chi connectivity index (χ4v) is 4.02. The van der Waals surface area contributed by atoms with Gasteiger partial charge in [0.25, 0.3) is 0 Å². The monoisotopic (exact) mass is 191 g/mol. The number of rotatable bonds is 0. The molecule has 1 aliphatic heterocycles. The van der Waals surface area contributed by atoms with Crippen LogP contribution in [-0.4, -0.2) is 26.0 Å². The van der Waals surface area contributed by atoms with Gasteiger partial charge in [-0.25, -0.2) is 8.42 Å². The van der Waals surface area contributed by atoms with Crippen molar-refractivity contribution >= 4 is 9.84 Å². The third kappa shape index (κ3) is 1.98. The summed E-state index contributed by atoms with van der Waals surface area (Å²) >= 11 is 0. The third-order valence-corrected chi connectivity index (χ3v) is 4.27. The van der Waals surface area contributed by atoms with Crippen molar-refractivity contribution in [3.05, 3.63) is 0 Å². The maximum atomic E-state index is 11.2. The summed E-state index contributed by atoms with van der Waals surface area (Å²) in [7, 11) is -2.85. The Labute approximate surface area is 74.3 Å². The van der Waals surface area contributed by atoms with E-state index in [0.29, 0.717) is 0 Å². The van der Waals surface area contributed by atoms with Crippen LogP contribution in [0.4, 0.5) is 0 Å². The van der Waals surface area contributed by atoms with Gasteiger partial charge in [0, 0.05) is 6.04 Å². The lowest BCUT2D eigenvalue weighted by atomic mass is 9.78. The zero-order chi connectivity index (χ0) is 9.57. The van der Waals surface area contributed by atoms with E-state index in [1.54, 1.807) is 0 Å². The van der Waals surface area contributed by atoms with Crippen LogP contribution in [0.1, 0.15) is 20.8 Å². The minimum atomic E-state index is -2.85. The Balaban J connectivity index is 2.85. The molecule has 0 aromatic heterocycles. The van der Waals surface area contributed by atoms with Crippen LogP contribution in [0, 0.1) is 11.3 Å². The second kappa shape index (κ2) is 2.70. The van der Waals surface area contributed by atoms with Crippen LogP contribution in [0.3, 0.4) is 0 Å². The van der Waals surface area contributed by atoms with Gasteiger partial charge < -0.3 is 5.73 Å². The molecule has 0 bridgehead atoms. The van der Waals surface area contributed by atoms with E-state index in [4.69, 9.17) is 5.73 Å². The lowest BCUT2D eigenvalue weighted by Gasteiger charge is -2.28. The van der Waals surface area contributed by atoms with Crippen LogP contribution in [0.15, 0.2) is 0 Å². The number of nitrogens with two attached hydrogens (primary N) is 1. The first-order chi connectivity index (χ1) is 5.22. The van der Waals surface area contributed by atoms with Crippen LogP contribution >= 0.6 is 0 Å². The van der Waals surface area contributed by atoms with Gasteiger partial charge in [0.1, 0.15) is 0 Å². The number of hydrogen-bond donors (Lipinski definition) is 1. The molecule has 1 fully saturated rings. The molecule has 0 saturated carbocycles. The summed E-state index contributed by atoms with van der Waals surface area (Å²) in [4.78, 5) is 0. The molecule has 2 atom stereocenters. The molecule has 0 aliphatic carbocycles. The lowest BCUT2D eigenvalue weighted by Crippen LogP contribution is -2.36. The summed E-state index contributed by atoms with van der Waals surface area (Å²) in [5.41, 5.74) is 5.76. The van der Waals surface area contributed by atoms with Gasteiger partial charge >= 0.3 is 0 Å². The highest BCUT2D eigenvalue weighted by atomic mass is 32.2. The highest BCUT2D eigenvalue weighted by Crippen LogP contribution is 2.33. The topological polar surface area (TPSA) is 60.2 Å². The first-order valence-electron chi connectivity index (χ1n) is 4.18. The Hall–Kier alpha value is -0.0900. The van der Waals surface area contributed by atoms with Gasteiger partial charge in [0.2, 0.25) is 0 Å². The van der Waals surface area contributed by atoms with Crippen molar-refractivity contribution in [2.24, 2.45) is 17.1 Å². The van der Waals surface area contributed by atoms with E-state index in [1.807, 2.05) is 20.8 Å². The highest BCUT2D eigenvalue weighted by molar-refractivity contribution is 7.91. The first kappa shape index (κ1) is 9.99. The van der Waals surface area contributed by atoms with E-state index in [2.05, 4.69) is 0 Å². The van der Waals surface area contributed by atoms with Crippen LogP contribution < -0.4 is 5.73 Å². The molecule has 72 valence electrons. The van der Waals surface area contributed by atoms with E-state index >= 15 is 0 Å². The van der Waals surface area contributed by atoms with Crippen molar-refractivity contribution < 1.29 is 8.42 Å². The highest BCUT2D eigenvalue weighted by Gasteiger charge is 2.41. The molecular formula is C8H17NO2S. The molecule has 0 spiro atoms. The minimum absolute atomic E-state index is 0.00296. The second-order valence-corrected chi connectivity index (χ2v) is 6.87. The molecule has 4 heteroatoms. The molecular weight excluding hydrogens is 174 g/mol. The van der Waals surface area contributed by atoms with Gasteiger partial charge in [-0.1, -0.05) is 20.8 Å². The summed E-state index contributed by atoms with van der Waals surface area (Å²) in [5, 5.41) is 0. The van der Waals surface area contributed by atoms with Crippen molar-refractivity contribution in [2.45, 2.75) is 26.8 Å². The number of hydrogen-bond acceptors (Lipinski definition) is 3. The lowest BCUT2D eigenvalue weighted by molar-refractivity contribution is 0.244. The average Bonchev–Trinajstić information content (AvgIpc) is 2.03. The molecule has 1 aliphatic rings. The standard InChI is InChI=1S/C8H17NO2S/c1-8(2,3)6-4-12(10,11)5-7(6)9/h6-7H,4-5,9H2,1-3H3. The molecule has 0 aromatic carbocycles. The molecule has 0 amide bonds. The SMILES string of the molecule is CC(C)(C)C1CS(=O)(=O)CC1N.